The molecule has 0 radical (unpaired) electrons. The van der Waals surface area contributed by atoms with Gasteiger partial charge in [0, 0.05) is 10.6 Å². The van der Waals surface area contributed by atoms with E-state index in [1.165, 1.54) is 25.1 Å². The largest absolute Gasteiger partial charge is 0.489 e. The van der Waals surface area contributed by atoms with Gasteiger partial charge in [-0.15, -0.1) is 0 Å². The molecule has 0 aromatic heterocycles. The maximum Gasteiger partial charge on any atom is 0.310 e. The van der Waals surface area contributed by atoms with E-state index in [0.29, 0.717) is 12.1 Å². The van der Waals surface area contributed by atoms with E-state index in [9.17, 15) is 29.5 Å². The molecule has 2 aromatic carbocycles. The highest BCUT2D eigenvalue weighted by atomic mass is 35.5. The number of nitriles is 2. The lowest BCUT2D eigenvalue weighted by atomic mass is 10.0. The van der Waals surface area contributed by atoms with Crippen LogP contribution in [-0.4, -0.2) is 18.1 Å². The van der Waals surface area contributed by atoms with E-state index in [1.807, 2.05) is 6.07 Å². The molecule has 0 aliphatic carbocycles. The van der Waals surface area contributed by atoms with Crippen molar-refractivity contribution in [1.82, 2.24) is 5.32 Å². The monoisotopic (exact) mass is 465 g/mol. The van der Waals surface area contributed by atoms with Gasteiger partial charge in [0.15, 0.2) is 5.54 Å². The Hall–Kier alpha value is -3.02. The Morgan fingerprint density at radius 3 is 2.23 bits per heavy atom. The Kier molecular flexibility index (Phi) is 5.46. The van der Waals surface area contributed by atoms with Crippen LogP contribution in [0.1, 0.15) is 22.8 Å². The van der Waals surface area contributed by atoms with Gasteiger partial charge >= 0.3 is 10.2 Å². The second-order valence-electron chi connectivity index (χ2n) is 6.43. The van der Waals surface area contributed by atoms with Crippen molar-refractivity contribution in [3.63, 3.8) is 0 Å². The van der Waals surface area contributed by atoms with Gasteiger partial charge in [-0.2, -0.15) is 10.5 Å². The summed E-state index contributed by atoms with van der Waals surface area (Å²) in [6, 6.07) is 9.16. The molecule has 2 rings (SSSR count). The molecule has 0 fully saturated rings. The van der Waals surface area contributed by atoms with Crippen molar-refractivity contribution in [2.45, 2.75) is 17.4 Å². The number of benzene rings is 2. The number of amides is 1. The number of ether oxygens (including phenoxy) is 1. The van der Waals surface area contributed by atoms with Crippen LogP contribution in [0.15, 0.2) is 47.4 Å². The van der Waals surface area contributed by atoms with Crippen molar-refractivity contribution < 1.29 is 29.0 Å². The number of hydrogen-bond acceptors (Lipinski definition) is 4. The lowest BCUT2D eigenvalue weighted by Crippen LogP contribution is -2.49. The summed E-state index contributed by atoms with van der Waals surface area (Å²) in [6.45, 7) is 0.852. The van der Waals surface area contributed by atoms with Crippen LogP contribution in [0.2, 0.25) is 5.02 Å². The first-order valence-corrected chi connectivity index (χ1v) is 10.3. The van der Waals surface area contributed by atoms with Gasteiger partial charge in [0.05, 0.1) is 11.6 Å². The summed E-state index contributed by atoms with van der Waals surface area (Å²) in [5.74, 6) is -0.883. The van der Waals surface area contributed by atoms with Crippen LogP contribution in [0.4, 0.5) is 19.4 Å². The number of carbonyl (C=O) groups excluding carboxylic acids is 1. The van der Waals surface area contributed by atoms with E-state index < -0.39 is 33.2 Å². The first kappa shape index (κ1) is 23.3. The lowest BCUT2D eigenvalue weighted by molar-refractivity contribution is 0.0901. The smallest absolute Gasteiger partial charge is 0.310 e. The zero-order valence-corrected chi connectivity index (χ0v) is 16.7. The normalized spacial score (nSPS) is 15.5. The second-order valence-corrected chi connectivity index (χ2v) is 9.28. The number of halogens is 6. The molecule has 0 aliphatic rings. The van der Waals surface area contributed by atoms with Gasteiger partial charge < -0.3 is 10.1 Å². The highest BCUT2D eigenvalue weighted by Gasteiger charge is 2.65. The third-order valence-corrected chi connectivity index (χ3v) is 5.17. The summed E-state index contributed by atoms with van der Waals surface area (Å²) in [7, 11) is -9.86. The molecule has 0 spiro atoms. The van der Waals surface area contributed by atoms with Gasteiger partial charge in [0.1, 0.15) is 23.3 Å². The zero-order valence-electron chi connectivity index (χ0n) is 15.1. The van der Waals surface area contributed by atoms with E-state index in [0.717, 1.165) is 0 Å². The molecule has 12 heteroatoms. The van der Waals surface area contributed by atoms with E-state index in [2.05, 4.69) is 5.32 Å². The average molecular weight is 466 g/mol. The molecule has 0 bridgehead atoms. The Bertz CT molecular complexity index is 1080. The van der Waals surface area contributed by atoms with Crippen LogP contribution >= 0.6 is 21.8 Å². The summed E-state index contributed by atoms with van der Waals surface area (Å²) in [4.78, 5) is 10.1. The Balaban J connectivity index is 2.16. The minimum Gasteiger partial charge on any atom is -0.489 e. The van der Waals surface area contributed by atoms with Gasteiger partial charge in [0.2, 0.25) is 0 Å². The number of rotatable bonds is 6. The fraction of sp³-hybridized carbons (Fsp3) is 0.167. The average Bonchev–Trinajstić information content (AvgIpc) is 2.65. The molecular formula is C18H13ClF5N3O2S. The van der Waals surface area contributed by atoms with E-state index in [-0.39, 0.29) is 34.0 Å². The SMILES string of the molecule is CC(C#N)(COc1ccc(Cl)cc1C#N)NC(=O)c1ccc(S(F)(F)(F)(F)F)cc1. The quantitative estimate of drug-likeness (QED) is 0.533. The summed E-state index contributed by atoms with van der Waals surface area (Å²) >= 11 is 5.77. The van der Waals surface area contributed by atoms with Crippen LogP contribution in [0.25, 0.3) is 0 Å². The molecule has 5 nitrogen and oxygen atoms in total. The van der Waals surface area contributed by atoms with Crippen LogP contribution in [-0.2, 0) is 0 Å². The van der Waals surface area contributed by atoms with Gasteiger partial charge in [-0.3, -0.25) is 4.79 Å². The van der Waals surface area contributed by atoms with E-state index >= 15 is 0 Å². The minimum atomic E-state index is -9.86. The Morgan fingerprint density at radius 1 is 1.13 bits per heavy atom. The molecule has 1 unspecified atom stereocenters. The van der Waals surface area contributed by atoms with Gasteiger partial charge in [0.25, 0.3) is 5.91 Å². The summed E-state index contributed by atoms with van der Waals surface area (Å²) in [5.41, 5.74) is -1.94. The number of carbonyl (C=O) groups is 1. The molecule has 0 saturated heterocycles. The van der Waals surface area contributed by atoms with Crippen molar-refractivity contribution in [2.75, 3.05) is 6.61 Å². The molecule has 0 heterocycles. The molecule has 2 aromatic rings. The van der Waals surface area contributed by atoms with Crippen LogP contribution < -0.4 is 10.1 Å². The molecule has 160 valence electrons. The number of nitrogens with one attached hydrogen (secondary N) is 1. The molecule has 1 amide bonds. The fourth-order valence-electron chi connectivity index (χ4n) is 2.22. The molecule has 0 saturated carbocycles. The van der Waals surface area contributed by atoms with Crippen molar-refractivity contribution in [2.24, 2.45) is 0 Å². The first-order chi connectivity index (χ1) is 13.6. The second kappa shape index (κ2) is 7.04. The summed E-state index contributed by atoms with van der Waals surface area (Å²) in [6.07, 6.45) is 0. The highest BCUT2D eigenvalue weighted by molar-refractivity contribution is 8.45. The molecular weight excluding hydrogens is 453 g/mol. The molecule has 0 aliphatic heterocycles. The van der Waals surface area contributed by atoms with Gasteiger partial charge in [-0.25, -0.2) is 0 Å². The standard InChI is InChI=1S/C18H13ClF5N3O2S/c1-18(10-26,11-29-16-7-4-14(19)8-13(16)9-25)27-17(28)12-2-5-15(6-3-12)30(20,21,22,23)24/h2-8H,11H2,1H3,(H,27,28). The number of nitrogens with zero attached hydrogens (tertiary/aromatic N) is 2. The first-order valence-electron chi connectivity index (χ1n) is 7.97. The summed E-state index contributed by atoms with van der Waals surface area (Å²) < 4.78 is 69.2. The summed E-state index contributed by atoms with van der Waals surface area (Å²) in [5, 5.41) is 21.0. The molecule has 1 atom stereocenters. The molecule has 30 heavy (non-hydrogen) atoms. The van der Waals surface area contributed by atoms with Crippen LogP contribution in [0.3, 0.4) is 0 Å². The van der Waals surface area contributed by atoms with Crippen LogP contribution in [0, 0.1) is 22.7 Å². The predicted octanol–water partition coefficient (Wildman–Crippen LogP) is 5.96. The van der Waals surface area contributed by atoms with Gasteiger partial charge in [-0.05, 0) is 49.4 Å². The fourth-order valence-corrected chi connectivity index (χ4v) is 3.04. The van der Waals surface area contributed by atoms with Crippen molar-refractivity contribution in [1.29, 1.82) is 10.5 Å². The lowest BCUT2D eigenvalue weighted by Gasteiger charge is -2.40. The van der Waals surface area contributed by atoms with E-state index in [4.69, 9.17) is 21.6 Å². The Morgan fingerprint density at radius 2 is 1.73 bits per heavy atom. The predicted molar refractivity (Wildman–Crippen MR) is 101 cm³/mol. The Labute approximate surface area is 173 Å². The topological polar surface area (TPSA) is 85.9 Å². The van der Waals surface area contributed by atoms with Gasteiger partial charge in [-0.1, -0.05) is 31.0 Å². The zero-order chi connectivity index (χ0) is 22.9. The van der Waals surface area contributed by atoms with E-state index in [1.54, 1.807) is 6.07 Å². The number of hydrogen-bond donors (Lipinski definition) is 1. The third kappa shape index (κ3) is 5.75. The van der Waals surface area contributed by atoms with Crippen molar-refractivity contribution in [3.05, 3.63) is 58.6 Å². The maximum atomic E-state index is 12.8. The minimum absolute atomic E-state index is 0.0840. The van der Waals surface area contributed by atoms with Crippen molar-refractivity contribution >= 4 is 27.7 Å². The third-order valence-electron chi connectivity index (χ3n) is 3.78. The highest BCUT2D eigenvalue weighted by Crippen LogP contribution is 3.02. The van der Waals surface area contributed by atoms with Crippen molar-refractivity contribution in [3.8, 4) is 17.9 Å². The molecule has 1 N–H and O–H groups in total. The van der Waals surface area contributed by atoms with Crippen LogP contribution in [0.5, 0.6) is 5.75 Å². The maximum absolute atomic E-state index is 12.8.